The first-order valence-electron chi connectivity index (χ1n) is 5.16. The number of carbonyl (C=O) groups excluding carboxylic acids is 1. The number of aliphatic hydroxyl groups excluding tert-OH is 2. The van der Waals surface area contributed by atoms with E-state index in [1.54, 1.807) is 6.92 Å². The van der Waals surface area contributed by atoms with E-state index in [9.17, 15) is 15.0 Å². The molecule has 0 bridgehead atoms. The van der Waals surface area contributed by atoms with Crippen molar-refractivity contribution in [3.8, 4) is 0 Å². The normalized spacial score (nSPS) is 25.9. The topological polar surface area (TPSA) is 60.8 Å². The average molecular weight is 213 g/mol. The minimum atomic E-state index is -0.881. The predicted octanol–water partition coefficient (Wildman–Crippen LogP) is 0.499. The van der Waals surface area contributed by atoms with Crippen molar-refractivity contribution in [1.82, 2.24) is 4.90 Å². The molecule has 1 amide bonds. The summed E-state index contributed by atoms with van der Waals surface area (Å²) < 4.78 is 0. The number of hydrogen-bond donors (Lipinski definition) is 2. The van der Waals surface area contributed by atoms with Crippen LogP contribution in [0.25, 0.3) is 0 Å². The molecule has 86 valence electrons. The van der Waals surface area contributed by atoms with Gasteiger partial charge in [0, 0.05) is 17.5 Å². The molecule has 0 aromatic heterocycles. The summed E-state index contributed by atoms with van der Waals surface area (Å²) in [6, 6.07) is 0. The first-order valence-corrected chi connectivity index (χ1v) is 5.16. The Hall–Kier alpha value is -0.870. The molecule has 0 saturated carbocycles. The molecule has 1 aliphatic heterocycles. The summed E-state index contributed by atoms with van der Waals surface area (Å²) in [5, 5.41) is 19.2. The van der Waals surface area contributed by atoms with Crippen molar-refractivity contribution in [1.29, 1.82) is 0 Å². The van der Waals surface area contributed by atoms with E-state index in [2.05, 4.69) is 0 Å². The molecule has 3 unspecified atom stereocenters. The van der Waals surface area contributed by atoms with Gasteiger partial charge in [-0.15, -0.1) is 0 Å². The van der Waals surface area contributed by atoms with Gasteiger partial charge >= 0.3 is 0 Å². The van der Waals surface area contributed by atoms with E-state index in [0.29, 0.717) is 0 Å². The van der Waals surface area contributed by atoms with Gasteiger partial charge in [0.15, 0.2) is 0 Å². The summed E-state index contributed by atoms with van der Waals surface area (Å²) in [5.74, 6) is -0.323. The minimum Gasteiger partial charge on any atom is -0.393 e. The van der Waals surface area contributed by atoms with Crippen molar-refractivity contribution < 1.29 is 15.0 Å². The zero-order chi connectivity index (χ0) is 11.8. The summed E-state index contributed by atoms with van der Waals surface area (Å²) in [7, 11) is 0. The van der Waals surface area contributed by atoms with Crippen LogP contribution in [0, 0.1) is 5.92 Å². The third-order valence-corrected chi connectivity index (χ3v) is 3.37. The van der Waals surface area contributed by atoms with Gasteiger partial charge in [0.2, 0.25) is 5.91 Å². The molecule has 0 spiro atoms. The molecule has 0 radical (unpaired) electrons. The lowest BCUT2D eigenvalue weighted by atomic mass is 9.83. The molecule has 2 N–H and O–H groups in total. The number of carbonyl (C=O) groups is 1. The number of amides is 1. The third-order valence-electron chi connectivity index (χ3n) is 3.37. The third kappa shape index (κ3) is 2.06. The van der Waals surface area contributed by atoms with E-state index >= 15 is 0 Å². The highest BCUT2D eigenvalue weighted by Gasteiger charge is 2.42. The molecular weight excluding hydrogens is 194 g/mol. The zero-order valence-electron chi connectivity index (χ0n) is 9.64. The lowest BCUT2D eigenvalue weighted by molar-refractivity contribution is -0.144. The zero-order valence-corrected chi connectivity index (χ0v) is 9.64. The van der Waals surface area contributed by atoms with Crippen LogP contribution in [0.5, 0.6) is 0 Å². The summed E-state index contributed by atoms with van der Waals surface area (Å²) in [6.45, 7) is 7.24. The summed E-state index contributed by atoms with van der Waals surface area (Å²) in [6.07, 6.45) is 1.41. The van der Waals surface area contributed by atoms with Crippen molar-refractivity contribution in [2.24, 2.45) is 5.92 Å². The van der Waals surface area contributed by atoms with Gasteiger partial charge in [-0.3, -0.25) is 4.79 Å². The van der Waals surface area contributed by atoms with Crippen LogP contribution in [0.15, 0.2) is 12.2 Å². The number of rotatable bonds is 3. The number of nitrogens with zero attached hydrogens (tertiary/aromatic N) is 1. The van der Waals surface area contributed by atoms with Crippen LogP contribution in [0.4, 0.5) is 0 Å². The van der Waals surface area contributed by atoms with Gasteiger partial charge in [0.05, 0.1) is 6.10 Å². The standard InChI is InChI=1S/C11H19NO3/c1-7(8(2)13)11(3,4)12-9(14)5-6-10(12)15/h5-9,13-14H,1-4H3. The molecule has 1 heterocycles. The van der Waals surface area contributed by atoms with Gasteiger partial charge in [-0.25, -0.2) is 0 Å². The molecule has 1 aliphatic rings. The molecule has 3 atom stereocenters. The highest BCUT2D eigenvalue weighted by atomic mass is 16.3. The van der Waals surface area contributed by atoms with E-state index in [1.807, 2.05) is 20.8 Å². The van der Waals surface area contributed by atoms with Gasteiger partial charge in [0.25, 0.3) is 0 Å². The van der Waals surface area contributed by atoms with Crippen LogP contribution in [-0.4, -0.2) is 38.9 Å². The Balaban J connectivity index is 2.91. The SMILES string of the molecule is CC(O)C(C)C(C)(C)N1C(=O)C=CC1O. The molecule has 0 saturated heterocycles. The lowest BCUT2D eigenvalue weighted by Gasteiger charge is -2.43. The fraction of sp³-hybridized carbons (Fsp3) is 0.727. The van der Waals surface area contributed by atoms with Gasteiger partial charge in [-0.05, 0) is 26.8 Å². The molecule has 0 aromatic rings. The van der Waals surface area contributed by atoms with Crippen molar-refractivity contribution >= 4 is 5.91 Å². The average Bonchev–Trinajstić information content (AvgIpc) is 2.44. The van der Waals surface area contributed by atoms with E-state index in [-0.39, 0.29) is 11.8 Å². The Morgan fingerprint density at radius 1 is 1.47 bits per heavy atom. The molecule has 0 aliphatic carbocycles. The van der Waals surface area contributed by atoms with E-state index in [0.717, 1.165) is 0 Å². The molecular formula is C11H19NO3. The van der Waals surface area contributed by atoms with Crippen LogP contribution in [0.2, 0.25) is 0 Å². The number of aliphatic hydroxyl groups is 2. The van der Waals surface area contributed by atoms with Gasteiger partial charge in [-0.2, -0.15) is 0 Å². The Labute approximate surface area is 90.2 Å². The van der Waals surface area contributed by atoms with Gasteiger partial charge in [0.1, 0.15) is 6.23 Å². The maximum Gasteiger partial charge on any atom is 0.249 e. The smallest absolute Gasteiger partial charge is 0.249 e. The minimum absolute atomic E-state index is 0.115. The maximum absolute atomic E-state index is 11.6. The van der Waals surface area contributed by atoms with Gasteiger partial charge < -0.3 is 15.1 Å². The highest BCUT2D eigenvalue weighted by molar-refractivity contribution is 5.91. The highest BCUT2D eigenvalue weighted by Crippen LogP contribution is 2.31. The summed E-state index contributed by atoms with van der Waals surface area (Å²) >= 11 is 0. The molecule has 0 aromatic carbocycles. The van der Waals surface area contributed by atoms with Crippen LogP contribution in [0.3, 0.4) is 0 Å². The van der Waals surface area contributed by atoms with Crippen LogP contribution >= 0.6 is 0 Å². The Morgan fingerprint density at radius 3 is 2.33 bits per heavy atom. The summed E-state index contributed by atoms with van der Waals surface area (Å²) in [5.41, 5.74) is -0.575. The van der Waals surface area contributed by atoms with Crippen molar-refractivity contribution in [2.75, 3.05) is 0 Å². The number of hydrogen-bond acceptors (Lipinski definition) is 3. The van der Waals surface area contributed by atoms with Crippen LogP contribution in [-0.2, 0) is 4.79 Å². The molecule has 1 rings (SSSR count). The van der Waals surface area contributed by atoms with E-state index in [4.69, 9.17) is 0 Å². The predicted molar refractivity (Wildman–Crippen MR) is 56.9 cm³/mol. The van der Waals surface area contributed by atoms with Crippen molar-refractivity contribution in [3.63, 3.8) is 0 Å². The van der Waals surface area contributed by atoms with Crippen LogP contribution in [0.1, 0.15) is 27.7 Å². The second-order valence-corrected chi connectivity index (χ2v) is 4.66. The fourth-order valence-electron chi connectivity index (χ4n) is 1.90. The molecule has 0 fully saturated rings. The monoisotopic (exact) mass is 213 g/mol. The van der Waals surface area contributed by atoms with Crippen molar-refractivity contribution in [2.45, 2.75) is 45.6 Å². The molecule has 4 nitrogen and oxygen atoms in total. The van der Waals surface area contributed by atoms with E-state index < -0.39 is 17.9 Å². The summed E-state index contributed by atoms with van der Waals surface area (Å²) in [4.78, 5) is 12.9. The maximum atomic E-state index is 11.6. The first-order chi connectivity index (χ1) is 6.78. The quantitative estimate of drug-likeness (QED) is 0.717. The van der Waals surface area contributed by atoms with Crippen LogP contribution < -0.4 is 0 Å². The Bertz CT molecular complexity index is 284. The first kappa shape index (κ1) is 12.2. The molecule has 4 heteroatoms. The molecule has 15 heavy (non-hydrogen) atoms. The Kier molecular flexibility index (Phi) is 3.21. The largest absolute Gasteiger partial charge is 0.393 e. The second-order valence-electron chi connectivity index (χ2n) is 4.66. The van der Waals surface area contributed by atoms with E-state index in [1.165, 1.54) is 17.1 Å². The van der Waals surface area contributed by atoms with Crippen molar-refractivity contribution in [3.05, 3.63) is 12.2 Å². The second kappa shape index (κ2) is 3.94. The van der Waals surface area contributed by atoms with Gasteiger partial charge in [-0.1, -0.05) is 6.92 Å². The Morgan fingerprint density at radius 2 is 2.00 bits per heavy atom. The fourth-order valence-corrected chi connectivity index (χ4v) is 1.90. The lowest BCUT2D eigenvalue weighted by Crippen LogP contribution is -2.55.